The summed E-state index contributed by atoms with van der Waals surface area (Å²) in [7, 11) is 0. The second-order valence-corrected chi connectivity index (χ2v) is 5.20. The number of aryl methyl sites for hydroxylation is 1. The van der Waals surface area contributed by atoms with Crippen LogP contribution in [0.1, 0.15) is 25.0 Å². The van der Waals surface area contributed by atoms with Gasteiger partial charge in [0.25, 0.3) is 0 Å². The largest absolute Gasteiger partial charge is 0.480 e. The highest BCUT2D eigenvalue weighted by Gasteiger charge is 2.21. The Hall–Kier alpha value is -1.88. The van der Waals surface area contributed by atoms with Gasteiger partial charge in [0.05, 0.1) is 6.54 Å². The molecule has 20 heavy (non-hydrogen) atoms. The normalized spacial score (nSPS) is 12.2. The molecule has 1 amide bonds. The number of carboxylic acid groups (broad SMARTS) is 1. The van der Waals surface area contributed by atoms with Crippen LogP contribution in [0.4, 0.5) is 0 Å². The van der Waals surface area contributed by atoms with E-state index in [2.05, 4.69) is 10.6 Å². The van der Waals surface area contributed by atoms with E-state index < -0.39 is 12.0 Å². The fraction of sp³-hybridized carbons (Fsp3) is 0.467. The minimum atomic E-state index is -0.939. The predicted octanol–water partition coefficient (Wildman–Crippen LogP) is 1.31. The van der Waals surface area contributed by atoms with E-state index in [-0.39, 0.29) is 18.4 Å². The third kappa shape index (κ3) is 5.40. The number of hydrogen-bond donors (Lipinski definition) is 3. The highest BCUT2D eigenvalue weighted by molar-refractivity contribution is 5.79. The first kappa shape index (κ1) is 16.2. The van der Waals surface area contributed by atoms with Crippen molar-refractivity contribution in [2.24, 2.45) is 5.92 Å². The van der Waals surface area contributed by atoms with Gasteiger partial charge in [0.1, 0.15) is 6.04 Å². The lowest BCUT2D eigenvalue weighted by atomic mass is 10.1. The van der Waals surface area contributed by atoms with Crippen molar-refractivity contribution in [1.82, 2.24) is 10.6 Å². The lowest BCUT2D eigenvalue weighted by Crippen LogP contribution is -2.45. The van der Waals surface area contributed by atoms with Crippen LogP contribution in [0.15, 0.2) is 24.3 Å². The van der Waals surface area contributed by atoms with Crippen LogP contribution >= 0.6 is 0 Å². The van der Waals surface area contributed by atoms with Gasteiger partial charge in [-0.05, 0) is 18.4 Å². The first-order valence-corrected chi connectivity index (χ1v) is 6.68. The topological polar surface area (TPSA) is 78.4 Å². The van der Waals surface area contributed by atoms with E-state index in [1.54, 1.807) is 13.8 Å². The van der Waals surface area contributed by atoms with Gasteiger partial charge in [0.2, 0.25) is 5.91 Å². The fourth-order valence-electron chi connectivity index (χ4n) is 1.78. The first-order chi connectivity index (χ1) is 9.40. The van der Waals surface area contributed by atoms with Crippen LogP contribution in [0, 0.1) is 12.8 Å². The van der Waals surface area contributed by atoms with Crippen molar-refractivity contribution >= 4 is 11.9 Å². The van der Waals surface area contributed by atoms with Crippen molar-refractivity contribution in [3.05, 3.63) is 35.4 Å². The summed E-state index contributed by atoms with van der Waals surface area (Å²) in [5.41, 5.74) is 2.19. The monoisotopic (exact) mass is 278 g/mol. The first-order valence-electron chi connectivity index (χ1n) is 6.68. The van der Waals surface area contributed by atoms with Crippen molar-refractivity contribution in [1.29, 1.82) is 0 Å². The molecule has 0 aliphatic rings. The molecule has 0 aromatic heterocycles. The number of carbonyl (C=O) groups excluding carboxylic acids is 1. The fourth-order valence-corrected chi connectivity index (χ4v) is 1.78. The Morgan fingerprint density at radius 1 is 1.20 bits per heavy atom. The number of carbonyl (C=O) groups is 2. The number of rotatable bonds is 7. The summed E-state index contributed by atoms with van der Waals surface area (Å²) in [6, 6.07) is 7.17. The Balaban J connectivity index is 2.36. The number of nitrogens with one attached hydrogen (secondary N) is 2. The summed E-state index contributed by atoms with van der Waals surface area (Å²) in [4.78, 5) is 22.6. The van der Waals surface area contributed by atoms with Gasteiger partial charge in [-0.3, -0.25) is 14.9 Å². The van der Waals surface area contributed by atoms with Gasteiger partial charge in [-0.2, -0.15) is 0 Å². The maximum absolute atomic E-state index is 11.7. The Bertz CT molecular complexity index is 455. The van der Waals surface area contributed by atoms with Gasteiger partial charge < -0.3 is 10.4 Å². The minimum Gasteiger partial charge on any atom is -0.480 e. The van der Waals surface area contributed by atoms with E-state index in [1.165, 1.54) is 5.56 Å². The molecule has 1 unspecified atom stereocenters. The maximum Gasteiger partial charge on any atom is 0.320 e. The highest BCUT2D eigenvalue weighted by Crippen LogP contribution is 2.03. The maximum atomic E-state index is 11.7. The zero-order valence-electron chi connectivity index (χ0n) is 12.1. The molecule has 1 aromatic rings. The number of hydrogen-bond acceptors (Lipinski definition) is 3. The van der Waals surface area contributed by atoms with E-state index in [1.807, 2.05) is 31.2 Å². The summed E-state index contributed by atoms with van der Waals surface area (Å²) in [6.07, 6.45) is 0. The molecule has 0 saturated carbocycles. The van der Waals surface area contributed by atoms with E-state index in [4.69, 9.17) is 5.11 Å². The third-order valence-corrected chi connectivity index (χ3v) is 3.03. The van der Waals surface area contributed by atoms with Crippen molar-refractivity contribution < 1.29 is 14.7 Å². The van der Waals surface area contributed by atoms with E-state index >= 15 is 0 Å². The molecule has 0 fully saturated rings. The Morgan fingerprint density at radius 2 is 1.80 bits per heavy atom. The Kier molecular flexibility index (Phi) is 6.18. The zero-order chi connectivity index (χ0) is 15.1. The van der Waals surface area contributed by atoms with Crippen LogP contribution < -0.4 is 10.6 Å². The summed E-state index contributed by atoms with van der Waals surface area (Å²) in [5.74, 6) is -1.22. The van der Waals surface area contributed by atoms with Gasteiger partial charge in [0, 0.05) is 6.54 Å². The summed E-state index contributed by atoms with van der Waals surface area (Å²) >= 11 is 0. The molecule has 0 heterocycles. The zero-order valence-corrected chi connectivity index (χ0v) is 12.1. The Labute approximate surface area is 119 Å². The van der Waals surface area contributed by atoms with E-state index in [0.29, 0.717) is 6.54 Å². The number of carboxylic acids is 1. The number of aliphatic carboxylic acids is 1. The average molecular weight is 278 g/mol. The summed E-state index contributed by atoms with van der Waals surface area (Å²) in [6.45, 7) is 6.05. The molecular weight excluding hydrogens is 256 g/mol. The van der Waals surface area contributed by atoms with Gasteiger partial charge in [-0.25, -0.2) is 0 Å². The standard InChI is InChI=1S/C15H22N2O3/c1-10(2)14(15(19)20)17-9-13(18)16-8-12-6-4-11(3)5-7-12/h4-7,10,14,17H,8-9H2,1-3H3,(H,16,18)(H,19,20). The predicted molar refractivity (Wildman–Crippen MR) is 77.3 cm³/mol. The number of amides is 1. The van der Waals surface area contributed by atoms with Gasteiger partial charge in [-0.15, -0.1) is 0 Å². The highest BCUT2D eigenvalue weighted by atomic mass is 16.4. The molecule has 0 saturated heterocycles. The third-order valence-electron chi connectivity index (χ3n) is 3.03. The summed E-state index contributed by atoms with van der Waals surface area (Å²) in [5, 5.41) is 14.5. The number of benzene rings is 1. The molecule has 0 bridgehead atoms. The lowest BCUT2D eigenvalue weighted by Gasteiger charge is -2.17. The molecule has 1 rings (SSSR count). The second-order valence-electron chi connectivity index (χ2n) is 5.20. The van der Waals surface area contributed by atoms with Crippen LogP contribution in [0.25, 0.3) is 0 Å². The van der Waals surface area contributed by atoms with Crippen molar-refractivity contribution in [2.75, 3.05) is 6.54 Å². The molecule has 0 spiro atoms. The molecule has 0 radical (unpaired) electrons. The lowest BCUT2D eigenvalue weighted by molar-refractivity contribution is -0.140. The van der Waals surface area contributed by atoms with E-state index in [0.717, 1.165) is 5.56 Å². The molecule has 0 aliphatic carbocycles. The molecule has 1 atom stereocenters. The second kappa shape index (κ2) is 7.65. The van der Waals surface area contributed by atoms with Gasteiger partial charge in [-0.1, -0.05) is 43.7 Å². The average Bonchev–Trinajstić information content (AvgIpc) is 2.37. The smallest absolute Gasteiger partial charge is 0.320 e. The quantitative estimate of drug-likeness (QED) is 0.702. The molecule has 5 heteroatoms. The van der Waals surface area contributed by atoms with Crippen molar-refractivity contribution in [2.45, 2.75) is 33.4 Å². The molecule has 3 N–H and O–H groups in total. The van der Waals surface area contributed by atoms with Crippen LogP contribution in [0.2, 0.25) is 0 Å². The molecule has 5 nitrogen and oxygen atoms in total. The van der Waals surface area contributed by atoms with Crippen LogP contribution in [-0.4, -0.2) is 29.6 Å². The Morgan fingerprint density at radius 3 is 2.30 bits per heavy atom. The van der Waals surface area contributed by atoms with Gasteiger partial charge in [0.15, 0.2) is 0 Å². The molecule has 110 valence electrons. The van der Waals surface area contributed by atoms with Gasteiger partial charge >= 0.3 is 5.97 Å². The minimum absolute atomic E-state index is 0.00100. The molecule has 0 aliphatic heterocycles. The summed E-state index contributed by atoms with van der Waals surface area (Å²) < 4.78 is 0. The van der Waals surface area contributed by atoms with Crippen LogP contribution in [-0.2, 0) is 16.1 Å². The SMILES string of the molecule is Cc1ccc(CNC(=O)CNC(C(=O)O)C(C)C)cc1. The van der Waals surface area contributed by atoms with Crippen LogP contribution in [0.5, 0.6) is 0 Å². The molecular formula is C15H22N2O3. The van der Waals surface area contributed by atoms with Crippen LogP contribution in [0.3, 0.4) is 0 Å². The van der Waals surface area contributed by atoms with E-state index in [9.17, 15) is 9.59 Å². The molecule has 1 aromatic carbocycles. The van der Waals surface area contributed by atoms with Crippen molar-refractivity contribution in [3.8, 4) is 0 Å². The van der Waals surface area contributed by atoms with Crippen molar-refractivity contribution in [3.63, 3.8) is 0 Å².